The van der Waals surface area contributed by atoms with E-state index in [0.717, 1.165) is 19.4 Å². The summed E-state index contributed by atoms with van der Waals surface area (Å²) < 4.78 is 4.73. The molecule has 2 rings (SSSR count). The molecule has 20 heavy (non-hydrogen) atoms. The van der Waals surface area contributed by atoms with E-state index in [0.29, 0.717) is 17.8 Å². The molecule has 1 aliphatic heterocycles. The molecule has 5 heteroatoms. The van der Waals surface area contributed by atoms with E-state index in [-0.39, 0.29) is 5.91 Å². The van der Waals surface area contributed by atoms with Crippen LogP contribution in [0.4, 0.5) is 5.69 Å². The molecule has 2 N–H and O–H groups in total. The fraction of sp³-hybridized carbons (Fsp3) is 0.467. The highest BCUT2D eigenvalue weighted by molar-refractivity contribution is 6.02. The quantitative estimate of drug-likeness (QED) is 0.826. The second-order valence-corrected chi connectivity index (χ2v) is 5.33. The van der Waals surface area contributed by atoms with Gasteiger partial charge in [-0.3, -0.25) is 4.79 Å². The van der Waals surface area contributed by atoms with E-state index in [1.807, 2.05) is 6.92 Å². The van der Waals surface area contributed by atoms with E-state index in [2.05, 4.69) is 10.6 Å². The summed E-state index contributed by atoms with van der Waals surface area (Å²) in [5, 5.41) is 6.09. The van der Waals surface area contributed by atoms with E-state index in [1.165, 1.54) is 7.11 Å². The number of anilines is 1. The van der Waals surface area contributed by atoms with Gasteiger partial charge in [0.15, 0.2) is 0 Å². The van der Waals surface area contributed by atoms with E-state index in [9.17, 15) is 9.59 Å². The molecule has 0 radical (unpaired) electrons. The van der Waals surface area contributed by atoms with Gasteiger partial charge in [-0.1, -0.05) is 12.1 Å². The number of benzene rings is 1. The molecule has 1 heterocycles. The largest absolute Gasteiger partial charge is 0.465 e. The molecule has 1 aromatic carbocycles. The molecular weight excluding hydrogens is 256 g/mol. The Labute approximate surface area is 118 Å². The van der Waals surface area contributed by atoms with E-state index >= 15 is 0 Å². The normalized spacial score (nSPS) is 22.1. The number of esters is 1. The lowest BCUT2D eigenvalue weighted by atomic mass is 9.82. The van der Waals surface area contributed by atoms with Crippen molar-refractivity contribution in [1.82, 2.24) is 5.32 Å². The van der Waals surface area contributed by atoms with Gasteiger partial charge >= 0.3 is 5.97 Å². The minimum Gasteiger partial charge on any atom is -0.465 e. The Bertz CT molecular complexity index is 508. The van der Waals surface area contributed by atoms with Crippen LogP contribution in [0.3, 0.4) is 0 Å². The Kier molecular flexibility index (Phi) is 4.39. The summed E-state index contributed by atoms with van der Waals surface area (Å²) in [6.07, 6.45) is 1.81. The smallest absolute Gasteiger partial charge is 0.339 e. The lowest BCUT2D eigenvalue weighted by Crippen LogP contribution is -2.46. The van der Waals surface area contributed by atoms with Crippen LogP contribution < -0.4 is 10.6 Å². The summed E-state index contributed by atoms with van der Waals surface area (Å²) in [4.78, 5) is 24.1. The number of hydrogen-bond donors (Lipinski definition) is 2. The topological polar surface area (TPSA) is 67.4 Å². The first kappa shape index (κ1) is 14.5. The second kappa shape index (κ2) is 6.05. The lowest BCUT2D eigenvalue weighted by molar-refractivity contribution is -0.125. The van der Waals surface area contributed by atoms with Crippen LogP contribution in [0.25, 0.3) is 0 Å². The van der Waals surface area contributed by atoms with Gasteiger partial charge in [0.05, 0.1) is 23.8 Å². The molecule has 1 aromatic rings. The van der Waals surface area contributed by atoms with Crippen molar-refractivity contribution < 1.29 is 14.3 Å². The number of amides is 1. The molecule has 0 bridgehead atoms. The molecular formula is C15H20N2O3. The van der Waals surface area contributed by atoms with E-state index in [1.54, 1.807) is 24.3 Å². The van der Waals surface area contributed by atoms with Crippen molar-refractivity contribution in [2.45, 2.75) is 19.8 Å². The van der Waals surface area contributed by atoms with Crippen molar-refractivity contribution in [3.63, 3.8) is 0 Å². The number of piperidine rings is 1. The molecule has 1 aliphatic rings. The molecule has 0 saturated carbocycles. The van der Waals surface area contributed by atoms with Gasteiger partial charge in [0.1, 0.15) is 0 Å². The number of para-hydroxylation sites is 1. The van der Waals surface area contributed by atoms with Crippen molar-refractivity contribution in [1.29, 1.82) is 0 Å². The predicted molar refractivity (Wildman–Crippen MR) is 76.6 cm³/mol. The molecule has 108 valence electrons. The minimum atomic E-state index is -0.451. The van der Waals surface area contributed by atoms with Crippen molar-refractivity contribution in [2.24, 2.45) is 5.41 Å². The Hall–Kier alpha value is -1.88. The van der Waals surface area contributed by atoms with Crippen LogP contribution in [0.15, 0.2) is 24.3 Å². The summed E-state index contributed by atoms with van der Waals surface area (Å²) in [5.74, 6) is -0.520. The zero-order valence-electron chi connectivity index (χ0n) is 11.9. The van der Waals surface area contributed by atoms with Crippen LogP contribution in [-0.2, 0) is 9.53 Å². The SMILES string of the molecule is COC(=O)c1ccccc1NC(=O)C1(C)CCCNC1. The first-order valence-electron chi connectivity index (χ1n) is 6.76. The molecule has 0 aliphatic carbocycles. The van der Waals surface area contributed by atoms with Crippen molar-refractivity contribution in [3.05, 3.63) is 29.8 Å². The third-order valence-corrected chi connectivity index (χ3v) is 3.73. The van der Waals surface area contributed by atoms with Crippen LogP contribution in [-0.4, -0.2) is 32.1 Å². The maximum atomic E-state index is 12.4. The van der Waals surface area contributed by atoms with E-state index in [4.69, 9.17) is 4.74 Å². The molecule has 1 atom stereocenters. The molecule has 0 spiro atoms. The van der Waals surface area contributed by atoms with Gasteiger partial charge in [0.25, 0.3) is 0 Å². The number of methoxy groups -OCH3 is 1. The summed E-state index contributed by atoms with van der Waals surface area (Å²) in [5.41, 5.74) is 0.424. The van der Waals surface area contributed by atoms with Gasteiger partial charge in [0.2, 0.25) is 5.91 Å². The zero-order valence-corrected chi connectivity index (χ0v) is 11.9. The molecule has 1 saturated heterocycles. The monoisotopic (exact) mass is 276 g/mol. The Morgan fingerprint density at radius 1 is 1.35 bits per heavy atom. The molecule has 1 fully saturated rings. The first-order valence-corrected chi connectivity index (χ1v) is 6.76. The van der Waals surface area contributed by atoms with Gasteiger partial charge < -0.3 is 15.4 Å². The minimum absolute atomic E-state index is 0.0685. The van der Waals surface area contributed by atoms with Crippen LogP contribution in [0.1, 0.15) is 30.1 Å². The second-order valence-electron chi connectivity index (χ2n) is 5.33. The van der Waals surface area contributed by atoms with Gasteiger partial charge in [-0.2, -0.15) is 0 Å². The highest BCUT2D eigenvalue weighted by Crippen LogP contribution is 2.28. The van der Waals surface area contributed by atoms with Crippen LogP contribution in [0.2, 0.25) is 0 Å². The number of carbonyl (C=O) groups excluding carboxylic acids is 2. The Balaban J connectivity index is 2.17. The van der Waals surface area contributed by atoms with E-state index < -0.39 is 11.4 Å². The maximum Gasteiger partial charge on any atom is 0.339 e. The fourth-order valence-corrected chi connectivity index (χ4v) is 2.40. The molecule has 1 amide bonds. The van der Waals surface area contributed by atoms with Gasteiger partial charge in [-0.15, -0.1) is 0 Å². The highest BCUT2D eigenvalue weighted by atomic mass is 16.5. The third-order valence-electron chi connectivity index (χ3n) is 3.73. The van der Waals surface area contributed by atoms with Crippen molar-refractivity contribution >= 4 is 17.6 Å². The predicted octanol–water partition coefficient (Wildman–Crippen LogP) is 1.80. The highest BCUT2D eigenvalue weighted by Gasteiger charge is 2.35. The van der Waals surface area contributed by atoms with Crippen LogP contribution in [0.5, 0.6) is 0 Å². The molecule has 1 unspecified atom stereocenters. The average Bonchev–Trinajstić information content (AvgIpc) is 2.47. The maximum absolute atomic E-state index is 12.4. The number of nitrogens with one attached hydrogen (secondary N) is 2. The van der Waals surface area contributed by atoms with Gasteiger partial charge in [-0.05, 0) is 38.4 Å². The lowest BCUT2D eigenvalue weighted by Gasteiger charge is -2.32. The Morgan fingerprint density at radius 2 is 2.10 bits per heavy atom. The molecule has 5 nitrogen and oxygen atoms in total. The standard InChI is InChI=1S/C15H20N2O3/c1-15(8-5-9-16-10-15)14(19)17-12-7-4-3-6-11(12)13(18)20-2/h3-4,6-7,16H,5,8-10H2,1-2H3,(H,17,19). The van der Waals surface area contributed by atoms with Crippen molar-refractivity contribution in [2.75, 3.05) is 25.5 Å². The summed E-state index contributed by atoms with van der Waals surface area (Å²) in [6.45, 7) is 3.54. The summed E-state index contributed by atoms with van der Waals surface area (Å²) >= 11 is 0. The average molecular weight is 276 g/mol. The summed E-state index contributed by atoms with van der Waals surface area (Å²) in [6, 6.07) is 6.88. The van der Waals surface area contributed by atoms with Crippen LogP contribution in [0, 0.1) is 5.41 Å². The zero-order chi connectivity index (χ0) is 14.6. The number of rotatable bonds is 3. The number of ether oxygens (including phenoxy) is 1. The third kappa shape index (κ3) is 2.99. The van der Waals surface area contributed by atoms with Crippen LogP contribution >= 0.6 is 0 Å². The first-order chi connectivity index (χ1) is 9.57. The Morgan fingerprint density at radius 3 is 2.75 bits per heavy atom. The van der Waals surface area contributed by atoms with Gasteiger partial charge in [0, 0.05) is 6.54 Å². The fourth-order valence-electron chi connectivity index (χ4n) is 2.40. The number of hydrogen-bond acceptors (Lipinski definition) is 4. The van der Waals surface area contributed by atoms with Gasteiger partial charge in [-0.25, -0.2) is 4.79 Å². The molecule has 0 aromatic heterocycles. The van der Waals surface area contributed by atoms with Crippen molar-refractivity contribution in [3.8, 4) is 0 Å². The number of carbonyl (C=O) groups is 2. The summed E-state index contributed by atoms with van der Waals surface area (Å²) in [7, 11) is 1.33.